The Hall–Kier alpha value is -2.78. The van der Waals surface area contributed by atoms with Crippen molar-refractivity contribution >= 4 is 74.1 Å². The molecule has 1 aliphatic rings. The fourth-order valence-electron chi connectivity index (χ4n) is 4.87. The lowest BCUT2D eigenvalue weighted by Gasteiger charge is -2.31. The van der Waals surface area contributed by atoms with E-state index >= 15 is 0 Å². The van der Waals surface area contributed by atoms with E-state index in [0.29, 0.717) is 50.0 Å². The average molecular weight is 737 g/mol. The van der Waals surface area contributed by atoms with Gasteiger partial charge in [0.15, 0.2) is 11.6 Å². The van der Waals surface area contributed by atoms with Gasteiger partial charge in [0.2, 0.25) is 5.90 Å². The summed E-state index contributed by atoms with van der Waals surface area (Å²) in [4.78, 5) is 19.5. The molecule has 1 aliphatic heterocycles. The van der Waals surface area contributed by atoms with Crippen molar-refractivity contribution in [2.24, 2.45) is 4.99 Å². The van der Waals surface area contributed by atoms with Gasteiger partial charge < -0.3 is 19.9 Å². The number of halogens is 5. The van der Waals surface area contributed by atoms with Crippen LogP contribution in [0.3, 0.4) is 0 Å². The molecule has 6 nitrogen and oxygen atoms in total. The molecule has 0 saturated carbocycles. The van der Waals surface area contributed by atoms with E-state index in [-0.39, 0.29) is 31.4 Å². The van der Waals surface area contributed by atoms with Gasteiger partial charge in [0.1, 0.15) is 5.75 Å². The predicted molar refractivity (Wildman–Crippen MR) is 179 cm³/mol. The summed E-state index contributed by atoms with van der Waals surface area (Å²) >= 11 is 28.8. The van der Waals surface area contributed by atoms with Gasteiger partial charge in [-0.25, -0.2) is 4.99 Å². The number of aliphatic imine (C=N–C) groups is 1. The van der Waals surface area contributed by atoms with E-state index in [2.05, 4.69) is 21.2 Å². The monoisotopic (exact) mass is 734 g/mol. The van der Waals surface area contributed by atoms with Crippen molar-refractivity contribution in [2.45, 2.75) is 31.0 Å². The molecule has 0 spiro atoms. The zero-order valence-electron chi connectivity index (χ0n) is 23.2. The fourth-order valence-corrected chi connectivity index (χ4v) is 5.96. The van der Waals surface area contributed by atoms with Crippen molar-refractivity contribution in [3.8, 4) is 5.75 Å². The Morgan fingerprint density at radius 1 is 0.909 bits per heavy atom. The molecule has 11 heteroatoms. The Balaban J connectivity index is 1.57. The Labute approximate surface area is 284 Å². The molecule has 0 saturated heterocycles. The van der Waals surface area contributed by atoms with Crippen molar-refractivity contribution in [1.29, 1.82) is 0 Å². The highest BCUT2D eigenvalue weighted by atomic mass is 79.9. The third kappa shape index (κ3) is 7.53. The van der Waals surface area contributed by atoms with Crippen LogP contribution >= 0.6 is 62.3 Å². The van der Waals surface area contributed by atoms with Crippen molar-refractivity contribution in [3.63, 3.8) is 0 Å². The van der Waals surface area contributed by atoms with Gasteiger partial charge in [-0.3, -0.25) is 4.79 Å². The van der Waals surface area contributed by atoms with Crippen LogP contribution in [0, 0.1) is 0 Å². The minimum atomic E-state index is -1.45. The molecule has 0 aliphatic carbocycles. The number of benzene rings is 4. The molecule has 0 unspecified atom stereocenters. The van der Waals surface area contributed by atoms with Crippen LogP contribution < -0.4 is 10.1 Å². The first-order valence-electron chi connectivity index (χ1n) is 13.7. The molecule has 1 heterocycles. The molecule has 0 fully saturated rings. The molecule has 228 valence electrons. The SMILES string of the molecule is O=C(NCc1ccc(Cl)c(Cl)c1)[C@]1(Cc2ccc(Br)cc2)N=C(c2ccc(OCCCO)cc2)O[C@@H]1c1ccc(Cl)cc1Cl. The van der Waals surface area contributed by atoms with Gasteiger partial charge >= 0.3 is 0 Å². The highest BCUT2D eigenvalue weighted by Crippen LogP contribution is 2.45. The van der Waals surface area contributed by atoms with E-state index in [1.165, 1.54) is 0 Å². The normalized spacial score (nSPS) is 17.6. The summed E-state index contributed by atoms with van der Waals surface area (Å²) in [5, 5.41) is 13.7. The molecule has 0 aromatic heterocycles. The largest absolute Gasteiger partial charge is 0.494 e. The predicted octanol–water partition coefficient (Wildman–Crippen LogP) is 8.64. The second-order valence-corrected chi connectivity index (χ2v) is 12.8. The third-order valence-corrected chi connectivity index (χ3v) is 8.93. The highest BCUT2D eigenvalue weighted by Gasteiger charge is 2.53. The fraction of sp³-hybridized carbons (Fsp3) is 0.212. The molecule has 2 atom stereocenters. The number of hydrogen-bond donors (Lipinski definition) is 2. The van der Waals surface area contributed by atoms with Crippen LogP contribution in [-0.4, -0.2) is 35.7 Å². The number of hydrogen-bond acceptors (Lipinski definition) is 5. The van der Waals surface area contributed by atoms with E-state index < -0.39 is 11.6 Å². The number of aliphatic hydroxyl groups is 1. The molecule has 2 N–H and O–H groups in total. The van der Waals surface area contributed by atoms with Crippen molar-refractivity contribution in [1.82, 2.24) is 5.32 Å². The summed E-state index contributed by atoms with van der Waals surface area (Å²) < 4.78 is 13.1. The summed E-state index contributed by atoms with van der Waals surface area (Å²) in [6.45, 7) is 0.619. The first-order valence-corrected chi connectivity index (χ1v) is 16.0. The number of carbonyl (C=O) groups excluding carboxylic acids is 1. The maximum atomic E-state index is 14.4. The van der Waals surface area contributed by atoms with Crippen LogP contribution in [0.5, 0.6) is 5.75 Å². The number of ether oxygens (including phenoxy) is 2. The summed E-state index contributed by atoms with van der Waals surface area (Å²) in [5.41, 5.74) is 1.42. The van der Waals surface area contributed by atoms with Crippen molar-refractivity contribution in [3.05, 3.63) is 132 Å². The van der Waals surface area contributed by atoms with E-state index in [4.69, 9.17) is 66.0 Å². The van der Waals surface area contributed by atoms with Gasteiger partial charge in [-0.05, 0) is 71.8 Å². The molecule has 0 radical (unpaired) electrons. The first kappa shape index (κ1) is 32.6. The lowest BCUT2D eigenvalue weighted by molar-refractivity contribution is -0.129. The van der Waals surface area contributed by atoms with Crippen LogP contribution in [-0.2, 0) is 22.5 Å². The van der Waals surface area contributed by atoms with Gasteiger partial charge in [-0.1, -0.05) is 86.6 Å². The first-order chi connectivity index (χ1) is 21.2. The lowest BCUT2D eigenvalue weighted by Crippen LogP contribution is -2.49. The molecular weight excluding hydrogens is 710 g/mol. The zero-order chi connectivity index (χ0) is 31.3. The van der Waals surface area contributed by atoms with Crippen LogP contribution in [0.15, 0.2) is 94.4 Å². The van der Waals surface area contributed by atoms with Crippen LogP contribution in [0.2, 0.25) is 20.1 Å². The average Bonchev–Trinajstić information content (AvgIpc) is 3.39. The molecule has 0 bridgehead atoms. The Bertz CT molecular complexity index is 1670. The molecule has 5 rings (SSSR count). The summed E-state index contributed by atoms with van der Waals surface area (Å²) in [7, 11) is 0. The smallest absolute Gasteiger partial charge is 0.252 e. The number of aliphatic hydroxyl groups excluding tert-OH is 1. The Morgan fingerprint density at radius 2 is 1.64 bits per heavy atom. The van der Waals surface area contributed by atoms with Crippen LogP contribution in [0.4, 0.5) is 0 Å². The number of rotatable bonds is 11. The minimum Gasteiger partial charge on any atom is -0.494 e. The van der Waals surface area contributed by atoms with Gasteiger partial charge in [0, 0.05) is 51.6 Å². The number of amides is 1. The topological polar surface area (TPSA) is 80.2 Å². The second kappa shape index (κ2) is 14.5. The molecular formula is C33H27BrCl4N2O4. The second-order valence-electron chi connectivity index (χ2n) is 10.2. The molecule has 44 heavy (non-hydrogen) atoms. The quantitative estimate of drug-likeness (QED) is 0.151. The van der Waals surface area contributed by atoms with E-state index in [1.807, 2.05) is 36.4 Å². The van der Waals surface area contributed by atoms with Crippen LogP contribution in [0.25, 0.3) is 0 Å². The standard InChI is InChI=1S/C33H27BrCl4N2O4/c34-23-7-2-20(3-8-23)18-33(32(42)39-19-21-4-13-27(36)29(38)16-21)30(26-12-9-24(35)17-28(26)37)44-31(40-33)22-5-10-25(11-6-22)43-15-1-14-41/h2-13,16-17,30,41H,1,14-15,18-19H2,(H,39,42)/t30-,33-/m1/s1. The van der Waals surface area contributed by atoms with Gasteiger partial charge in [0.05, 0.1) is 16.7 Å². The molecule has 4 aromatic carbocycles. The van der Waals surface area contributed by atoms with Crippen molar-refractivity contribution in [2.75, 3.05) is 13.2 Å². The van der Waals surface area contributed by atoms with E-state index in [0.717, 1.165) is 15.6 Å². The Kier molecular flexibility index (Phi) is 10.8. The maximum absolute atomic E-state index is 14.4. The minimum absolute atomic E-state index is 0.0466. The van der Waals surface area contributed by atoms with Gasteiger partial charge in [-0.2, -0.15) is 0 Å². The van der Waals surface area contributed by atoms with Gasteiger partial charge in [-0.15, -0.1) is 0 Å². The number of nitrogens with one attached hydrogen (secondary N) is 1. The highest BCUT2D eigenvalue weighted by molar-refractivity contribution is 9.10. The third-order valence-electron chi connectivity index (χ3n) is 7.10. The van der Waals surface area contributed by atoms with E-state index in [1.54, 1.807) is 48.5 Å². The number of carbonyl (C=O) groups is 1. The maximum Gasteiger partial charge on any atom is 0.252 e. The Morgan fingerprint density at radius 3 is 2.32 bits per heavy atom. The van der Waals surface area contributed by atoms with Gasteiger partial charge in [0.25, 0.3) is 5.91 Å². The lowest BCUT2D eigenvalue weighted by atomic mass is 9.82. The molecule has 1 amide bonds. The van der Waals surface area contributed by atoms with E-state index in [9.17, 15) is 4.79 Å². The number of nitrogens with zero attached hydrogens (tertiary/aromatic N) is 1. The van der Waals surface area contributed by atoms with Crippen LogP contribution in [0.1, 0.15) is 34.8 Å². The zero-order valence-corrected chi connectivity index (χ0v) is 27.8. The summed E-state index contributed by atoms with van der Waals surface area (Å²) in [6, 6.07) is 25.2. The molecule has 4 aromatic rings. The summed E-state index contributed by atoms with van der Waals surface area (Å²) in [6.07, 6.45) is -0.153. The summed E-state index contributed by atoms with van der Waals surface area (Å²) in [5.74, 6) is 0.560. The van der Waals surface area contributed by atoms with Crippen molar-refractivity contribution < 1.29 is 19.4 Å².